The van der Waals surface area contributed by atoms with Crippen LogP contribution in [-0.2, 0) is 9.59 Å². The lowest BCUT2D eigenvalue weighted by Crippen LogP contribution is -2.51. The van der Waals surface area contributed by atoms with Crippen molar-refractivity contribution >= 4 is 11.8 Å². The molecule has 0 aromatic rings. The van der Waals surface area contributed by atoms with Gasteiger partial charge in [-0.1, -0.05) is 0 Å². The third kappa shape index (κ3) is 2.61. The first-order valence-electron chi connectivity index (χ1n) is 7.47. The van der Waals surface area contributed by atoms with Gasteiger partial charge in [0, 0.05) is 19.5 Å². The Kier molecular flexibility index (Phi) is 3.48. The van der Waals surface area contributed by atoms with Crippen molar-refractivity contribution in [3.05, 3.63) is 0 Å². The summed E-state index contributed by atoms with van der Waals surface area (Å²) in [4.78, 5) is 25.5. The number of hydrogen-bond acceptors (Lipinski definition) is 3. The van der Waals surface area contributed by atoms with Crippen LogP contribution in [0.4, 0.5) is 0 Å². The number of piperidine rings is 2. The maximum absolute atomic E-state index is 12.3. The summed E-state index contributed by atoms with van der Waals surface area (Å²) in [6.07, 6.45) is 5.91. The second-order valence-electron chi connectivity index (χ2n) is 6.23. The predicted octanol–water partition coefficient (Wildman–Crippen LogP) is 0.257. The highest BCUT2D eigenvalue weighted by Gasteiger charge is 2.39. The molecule has 1 spiro atoms. The van der Waals surface area contributed by atoms with Crippen molar-refractivity contribution in [1.82, 2.24) is 15.5 Å². The van der Waals surface area contributed by atoms with E-state index in [9.17, 15) is 9.59 Å². The standard InChI is InChI=1S/C14H23N3O2/c18-12-2-1-11(16-12)13(19)17-9-5-14(6-10-17)3-7-15-8-4-14/h11,15H,1-10H2,(H,16,18)/t11-/m1/s1. The lowest BCUT2D eigenvalue weighted by atomic mass is 9.71. The number of nitrogens with one attached hydrogen (secondary N) is 2. The van der Waals surface area contributed by atoms with Gasteiger partial charge in [0.05, 0.1) is 0 Å². The molecule has 3 rings (SSSR count). The largest absolute Gasteiger partial charge is 0.344 e. The molecule has 106 valence electrons. The number of hydrogen-bond donors (Lipinski definition) is 2. The fourth-order valence-electron chi connectivity index (χ4n) is 3.68. The number of rotatable bonds is 1. The van der Waals surface area contributed by atoms with Crippen molar-refractivity contribution in [2.24, 2.45) is 5.41 Å². The van der Waals surface area contributed by atoms with E-state index in [4.69, 9.17) is 0 Å². The molecule has 0 bridgehead atoms. The minimum Gasteiger partial charge on any atom is -0.344 e. The Morgan fingerprint density at radius 2 is 1.84 bits per heavy atom. The quantitative estimate of drug-likeness (QED) is 0.715. The van der Waals surface area contributed by atoms with Crippen molar-refractivity contribution < 1.29 is 9.59 Å². The van der Waals surface area contributed by atoms with Gasteiger partial charge in [0.1, 0.15) is 6.04 Å². The van der Waals surface area contributed by atoms with Gasteiger partial charge < -0.3 is 15.5 Å². The van der Waals surface area contributed by atoms with E-state index in [-0.39, 0.29) is 17.9 Å². The van der Waals surface area contributed by atoms with Crippen LogP contribution in [0.5, 0.6) is 0 Å². The van der Waals surface area contributed by atoms with E-state index in [2.05, 4.69) is 10.6 Å². The molecule has 3 heterocycles. The van der Waals surface area contributed by atoms with E-state index in [1.54, 1.807) is 0 Å². The number of nitrogens with zero attached hydrogens (tertiary/aromatic N) is 1. The first-order valence-corrected chi connectivity index (χ1v) is 7.47. The van der Waals surface area contributed by atoms with E-state index >= 15 is 0 Å². The highest BCUT2D eigenvalue weighted by molar-refractivity contribution is 5.90. The average Bonchev–Trinajstić information content (AvgIpc) is 2.87. The van der Waals surface area contributed by atoms with Gasteiger partial charge in [0.2, 0.25) is 11.8 Å². The Morgan fingerprint density at radius 3 is 2.42 bits per heavy atom. The van der Waals surface area contributed by atoms with Gasteiger partial charge in [-0.2, -0.15) is 0 Å². The summed E-state index contributed by atoms with van der Waals surface area (Å²) in [5.74, 6) is 0.153. The van der Waals surface area contributed by atoms with Crippen LogP contribution < -0.4 is 10.6 Å². The van der Waals surface area contributed by atoms with Crippen LogP contribution in [0, 0.1) is 5.41 Å². The second-order valence-corrected chi connectivity index (χ2v) is 6.23. The normalized spacial score (nSPS) is 30.4. The zero-order valence-electron chi connectivity index (χ0n) is 11.4. The Labute approximate surface area is 114 Å². The van der Waals surface area contributed by atoms with E-state index in [1.165, 1.54) is 12.8 Å². The molecule has 0 unspecified atom stereocenters. The molecule has 5 nitrogen and oxygen atoms in total. The highest BCUT2D eigenvalue weighted by atomic mass is 16.2. The summed E-state index contributed by atoms with van der Waals surface area (Å²) in [7, 11) is 0. The van der Waals surface area contributed by atoms with Crippen LogP contribution in [0.2, 0.25) is 0 Å². The van der Waals surface area contributed by atoms with Crippen LogP contribution in [0.15, 0.2) is 0 Å². The van der Waals surface area contributed by atoms with Gasteiger partial charge in [-0.3, -0.25) is 9.59 Å². The molecule has 2 N–H and O–H groups in total. The molecule has 0 radical (unpaired) electrons. The molecule has 3 aliphatic heterocycles. The molecule has 1 atom stereocenters. The van der Waals surface area contributed by atoms with Crippen molar-refractivity contribution in [1.29, 1.82) is 0 Å². The highest BCUT2D eigenvalue weighted by Crippen LogP contribution is 2.39. The maximum Gasteiger partial charge on any atom is 0.245 e. The summed E-state index contributed by atoms with van der Waals surface area (Å²) < 4.78 is 0. The third-order valence-corrected chi connectivity index (χ3v) is 5.09. The average molecular weight is 265 g/mol. The SMILES string of the molecule is O=C1CC[C@H](C(=O)N2CCC3(CCNCC3)CC2)N1. The van der Waals surface area contributed by atoms with E-state index in [0.29, 0.717) is 18.3 Å². The van der Waals surface area contributed by atoms with Gasteiger partial charge >= 0.3 is 0 Å². The molecular formula is C14H23N3O2. The maximum atomic E-state index is 12.3. The van der Waals surface area contributed by atoms with Crippen LogP contribution >= 0.6 is 0 Å². The molecule has 0 aromatic heterocycles. The molecule has 3 saturated heterocycles. The number of likely N-dealkylation sites (tertiary alicyclic amines) is 1. The minimum atomic E-state index is -0.255. The van der Waals surface area contributed by atoms with E-state index < -0.39 is 0 Å². The first-order chi connectivity index (χ1) is 9.19. The molecule has 2 amide bonds. The molecule has 3 fully saturated rings. The van der Waals surface area contributed by atoms with E-state index in [0.717, 1.165) is 39.0 Å². The minimum absolute atomic E-state index is 0.0187. The molecular weight excluding hydrogens is 242 g/mol. The molecule has 0 aromatic carbocycles. The molecule has 19 heavy (non-hydrogen) atoms. The zero-order valence-corrected chi connectivity index (χ0v) is 11.4. The fraction of sp³-hybridized carbons (Fsp3) is 0.857. The number of amides is 2. The van der Waals surface area contributed by atoms with E-state index in [1.807, 2.05) is 4.90 Å². The third-order valence-electron chi connectivity index (χ3n) is 5.09. The molecule has 0 saturated carbocycles. The van der Waals surface area contributed by atoms with Gasteiger partial charge in [0.15, 0.2) is 0 Å². The summed E-state index contributed by atoms with van der Waals surface area (Å²) in [5, 5.41) is 6.19. The number of carbonyl (C=O) groups is 2. The topological polar surface area (TPSA) is 61.4 Å². The van der Waals surface area contributed by atoms with Gasteiger partial charge in [-0.05, 0) is 50.6 Å². The summed E-state index contributed by atoms with van der Waals surface area (Å²) in [6.45, 7) is 3.97. The van der Waals surface area contributed by atoms with Crippen molar-refractivity contribution in [2.45, 2.75) is 44.6 Å². The van der Waals surface area contributed by atoms with Crippen molar-refractivity contribution in [3.63, 3.8) is 0 Å². The monoisotopic (exact) mass is 265 g/mol. The van der Waals surface area contributed by atoms with Crippen LogP contribution in [-0.4, -0.2) is 48.9 Å². The van der Waals surface area contributed by atoms with Crippen LogP contribution in [0.1, 0.15) is 38.5 Å². The summed E-state index contributed by atoms with van der Waals surface area (Å²) in [6, 6.07) is -0.255. The van der Waals surface area contributed by atoms with Gasteiger partial charge in [-0.25, -0.2) is 0 Å². The number of carbonyl (C=O) groups excluding carboxylic acids is 2. The molecule has 3 aliphatic rings. The van der Waals surface area contributed by atoms with Crippen molar-refractivity contribution in [2.75, 3.05) is 26.2 Å². The lowest BCUT2D eigenvalue weighted by Gasteiger charge is -2.44. The Balaban J connectivity index is 1.54. The Hall–Kier alpha value is -1.10. The Morgan fingerprint density at radius 1 is 1.16 bits per heavy atom. The van der Waals surface area contributed by atoms with Crippen molar-refractivity contribution in [3.8, 4) is 0 Å². The van der Waals surface area contributed by atoms with Gasteiger partial charge in [-0.15, -0.1) is 0 Å². The first kappa shape index (κ1) is 12.9. The smallest absolute Gasteiger partial charge is 0.245 e. The second kappa shape index (κ2) is 5.12. The molecule has 0 aliphatic carbocycles. The van der Waals surface area contributed by atoms with Crippen LogP contribution in [0.25, 0.3) is 0 Å². The van der Waals surface area contributed by atoms with Gasteiger partial charge in [0.25, 0.3) is 0 Å². The Bertz CT molecular complexity index is 367. The fourth-order valence-corrected chi connectivity index (χ4v) is 3.68. The summed E-state index contributed by atoms with van der Waals surface area (Å²) in [5.41, 5.74) is 0.473. The summed E-state index contributed by atoms with van der Waals surface area (Å²) >= 11 is 0. The lowest BCUT2D eigenvalue weighted by molar-refractivity contribution is -0.136. The van der Waals surface area contributed by atoms with Crippen LogP contribution in [0.3, 0.4) is 0 Å². The predicted molar refractivity (Wildman–Crippen MR) is 71.5 cm³/mol. The zero-order chi connectivity index (χ0) is 13.3. The molecule has 5 heteroatoms.